The lowest BCUT2D eigenvalue weighted by atomic mass is 10.00. The molecule has 0 spiro atoms. The Balaban J connectivity index is 1.77. The Morgan fingerprint density at radius 1 is 1.35 bits per heavy atom. The second kappa shape index (κ2) is 7.57. The second-order valence-electron chi connectivity index (χ2n) is 6.08. The molecule has 2 N–H and O–H groups in total. The van der Waals surface area contributed by atoms with Gasteiger partial charge in [0.15, 0.2) is 0 Å². The molecule has 3 rings (SSSR count). The number of aryl methyl sites for hydroxylation is 2. The third kappa shape index (κ3) is 4.09. The molecule has 0 aliphatic carbocycles. The summed E-state index contributed by atoms with van der Waals surface area (Å²) in [6.45, 7) is 4.03. The number of benzene rings is 1. The van der Waals surface area contributed by atoms with Crippen molar-refractivity contribution in [2.75, 3.05) is 19.8 Å². The van der Waals surface area contributed by atoms with Crippen molar-refractivity contribution in [2.45, 2.75) is 32.2 Å². The molecule has 4 heteroatoms. The molecule has 1 fully saturated rings. The standard InChI is InChI=1S/C19H24N2O2/c1-14-19(16-6-2-4-15(10-16)5-3-9-22)11-18(12-21-14)23-13-17-7-8-20-17/h2,4,6,10-12,17,20,22H,3,5,7-9,13H2,1H3/t17-/m0/s1. The van der Waals surface area contributed by atoms with Crippen LogP contribution in [-0.4, -0.2) is 35.9 Å². The predicted octanol–water partition coefficient (Wildman–Crippen LogP) is 2.72. The molecular formula is C19H24N2O2. The van der Waals surface area contributed by atoms with Gasteiger partial charge in [-0.25, -0.2) is 0 Å². The lowest BCUT2D eigenvalue weighted by Crippen LogP contribution is -2.46. The Labute approximate surface area is 137 Å². The number of aromatic nitrogens is 1. The van der Waals surface area contributed by atoms with E-state index in [2.05, 4.69) is 40.6 Å². The van der Waals surface area contributed by atoms with Gasteiger partial charge in [0.1, 0.15) is 12.4 Å². The summed E-state index contributed by atoms with van der Waals surface area (Å²) in [7, 11) is 0. The molecule has 0 saturated carbocycles. The number of ether oxygens (including phenoxy) is 1. The quantitative estimate of drug-likeness (QED) is 0.825. The molecule has 0 bridgehead atoms. The van der Waals surface area contributed by atoms with Crippen molar-refractivity contribution in [3.8, 4) is 16.9 Å². The van der Waals surface area contributed by atoms with Crippen LogP contribution in [0.3, 0.4) is 0 Å². The van der Waals surface area contributed by atoms with E-state index >= 15 is 0 Å². The maximum absolute atomic E-state index is 8.99. The van der Waals surface area contributed by atoms with Crippen molar-refractivity contribution >= 4 is 0 Å². The number of nitrogens with one attached hydrogen (secondary N) is 1. The number of nitrogens with zero attached hydrogens (tertiary/aromatic N) is 1. The van der Waals surface area contributed by atoms with Gasteiger partial charge < -0.3 is 15.2 Å². The van der Waals surface area contributed by atoms with Gasteiger partial charge in [0.05, 0.1) is 6.20 Å². The van der Waals surface area contributed by atoms with Crippen molar-refractivity contribution in [3.05, 3.63) is 47.8 Å². The van der Waals surface area contributed by atoms with Crippen LogP contribution in [0.15, 0.2) is 36.5 Å². The SMILES string of the molecule is Cc1ncc(OC[C@@H]2CCN2)cc1-c1cccc(CCCO)c1. The number of aliphatic hydroxyl groups excluding tert-OH is 1. The van der Waals surface area contributed by atoms with Gasteiger partial charge in [0, 0.05) is 23.9 Å². The first kappa shape index (κ1) is 16.0. The van der Waals surface area contributed by atoms with E-state index in [1.54, 1.807) is 6.20 Å². The minimum absolute atomic E-state index is 0.226. The Kier molecular flexibility index (Phi) is 5.26. The molecule has 0 unspecified atom stereocenters. The molecule has 1 saturated heterocycles. The third-order valence-corrected chi connectivity index (χ3v) is 4.30. The van der Waals surface area contributed by atoms with Crippen molar-refractivity contribution < 1.29 is 9.84 Å². The summed E-state index contributed by atoms with van der Waals surface area (Å²) in [4.78, 5) is 4.48. The maximum atomic E-state index is 8.99. The Hall–Kier alpha value is -1.91. The minimum atomic E-state index is 0.226. The zero-order chi connectivity index (χ0) is 16.1. The molecule has 122 valence electrons. The summed E-state index contributed by atoms with van der Waals surface area (Å²) in [6, 6.07) is 11.0. The van der Waals surface area contributed by atoms with Crippen LogP contribution in [0.2, 0.25) is 0 Å². The Morgan fingerprint density at radius 3 is 2.96 bits per heavy atom. The molecule has 1 aromatic heterocycles. The maximum Gasteiger partial charge on any atom is 0.138 e. The average Bonchev–Trinajstić information content (AvgIpc) is 2.53. The highest BCUT2D eigenvalue weighted by molar-refractivity contribution is 5.67. The first-order valence-electron chi connectivity index (χ1n) is 8.29. The summed E-state index contributed by atoms with van der Waals surface area (Å²) in [5, 5.41) is 12.3. The molecular weight excluding hydrogens is 288 g/mol. The molecule has 1 aliphatic rings. The second-order valence-corrected chi connectivity index (χ2v) is 6.08. The van der Waals surface area contributed by atoms with E-state index < -0.39 is 0 Å². The largest absolute Gasteiger partial charge is 0.490 e. The summed E-state index contributed by atoms with van der Waals surface area (Å²) < 4.78 is 5.86. The lowest BCUT2D eigenvalue weighted by molar-refractivity contribution is 0.217. The number of hydrogen-bond donors (Lipinski definition) is 2. The van der Waals surface area contributed by atoms with Gasteiger partial charge in [0.25, 0.3) is 0 Å². The van der Waals surface area contributed by atoms with E-state index in [-0.39, 0.29) is 6.61 Å². The Morgan fingerprint density at radius 2 is 2.22 bits per heavy atom. The van der Waals surface area contributed by atoms with Crippen LogP contribution in [0.25, 0.3) is 11.1 Å². The molecule has 4 nitrogen and oxygen atoms in total. The van der Waals surface area contributed by atoms with E-state index in [0.29, 0.717) is 12.6 Å². The van der Waals surface area contributed by atoms with Gasteiger partial charge in [0.2, 0.25) is 0 Å². The summed E-state index contributed by atoms with van der Waals surface area (Å²) >= 11 is 0. The Bertz CT molecular complexity index is 654. The highest BCUT2D eigenvalue weighted by atomic mass is 16.5. The number of hydrogen-bond acceptors (Lipinski definition) is 4. The van der Waals surface area contributed by atoms with Gasteiger partial charge in [-0.2, -0.15) is 0 Å². The van der Waals surface area contributed by atoms with E-state index in [1.807, 2.05) is 6.92 Å². The van der Waals surface area contributed by atoms with Crippen LogP contribution < -0.4 is 10.1 Å². The molecule has 0 amide bonds. The first-order chi connectivity index (χ1) is 11.3. The van der Waals surface area contributed by atoms with Crippen LogP contribution in [0, 0.1) is 6.92 Å². The van der Waals surface area contributed by atoms with Crippen molar-refractivity contribution in [1.29, 1.82) is 0 Å². The number of pyridine rings is 1. The van der Waals surface area contributed by atoms with Crippen LogP contribution in [0.1, 0.15) is 24.1 Å². The van der Waals surface area contributed by atoms with Crippen molar-refractivity contribution in [3.63, 3.8) is 0 Å². The molecule has 2 aromatic rings. The molecule has 2 heterocycles. The molecule has 1 aromatic carbocycles. The van der Waals surface area contributed by atoms with E-state index in [0.717, 1.165) is 42.0 Å². The third-order valence-electron chi connectivity index (χ3n) is 4.30. The zero-order valence-corrected chi connectivity index (χ0v) is 13.6. The fourth-order valence-electron chi connectivity index (χ4n) is 2.75. The van der Waals surface area contributed by atoms with Crippen molar-refractivity contribution in [2.24, 2.45) is 0 Å². The van der Waals surface area contributed by atoms with Gasteiger partial charge in [-0.1, -0.05) is 24.3 Å². The van der Waals surface area contributed by atoms with E-state index in [9.17, 15) is 0 Å². The topological polar surface area (TPSA) is 54.4 Å². The van der Waals surface area contributed by atoms with Gasteiger partial charge in [-0.05, 0) is 49.9 Å². The van der Waals surface area contributed by atoms with E-state index in [4.69, 9.17) is 9.84 Å². The van der Waals surface area contributed by atoms with Crippen LogP contribution in [0.4, 0.5) is 0 Å². The van der Waals surface area contributed by atoms with Gasteiger partial charge in [-0.15, -0.1) is 0 Å². The van der Waals surface area contributed by atoms with Crippen LogP contribution >= 0.6 is 0 Å². The zero-order valence-electron chi connectivity index (χ0n) is 13.6. The average molecular weight is 312 g/mol. The smallest absolute Gasteiger partial charge is 0.138 e. The molecule has 1 aliphatic heterocycles. The molecule has 1 atom stereocenters. The highest BCUT2D eigenvalue weighted by Crippen LogP contribution is 2.27. The summed E-state index contributed by atoms with van der Waals surface area (Å²) in [5.74, 6) is 0.820. The highest BCUT2D eigenvalue weighted by Gasteiger charge is 2.17. The fraction of sp³-hybridized carbons (Fsp3) is 0.421. The summed E-state index contributed by atoms with van der Waals surface area (Å²) in [5.41, 5.74) is 4.49. The van der Waals surface area contributed by atoms with E-state index in [1.165, 1.54) is 12.0 Å². The summed E-state index contributed by atoms with van der Waals surface area (Å²) in [6.07, 6.45) is 4.66. The van der Waals surface area contributed by atoms with Crippen LogP contribution in [0.5, 0.6) is 5.75 Å². The minimum Gasteiger partial charge on any atom is -0.490 e. The fourth-order valence-corrected chi connectivity index (χ4v) is 2.75. The van der Waals surface area contributed by atoms with Crippen molar-refractivity contribution in [1.82, 2.24) is 10.3 Å². The number of rotatable bonds is 7. The first-order valence-corrected chi connectivity index (χ1v) is 8.29. The molecule has 23 heavy (non-hydrogen) atoms. The normalized spacial score (nSPS) is 16.9. The van der Waals surface area contributed by atoms with Crippen LogP contribution in [-0.2, 0) is 6.42 Å². The number of aliphatic hydroxyl groups is 1. The monoisotopic (exact) mass is 312 g/mol. The predicted molar refractivity (Wildman–Crippen MR) is 91.7 cm³/mol. The molecule has 0 radical (unpaired) electrons. The van der Waals surface area contributed by atoms with Gasteiger partial charge in [-0.3, -0.25) is 4.98 Å². The van der Waals surface area contributed by atoms with Gasteiger partial charge >= 0.3 is 0 Å². The lowest BCUT2D eigenvalue weighted by Gasteiger charge is -2.27.